The molecular formula is C26H29N3O6-. The van der Waals surface area contributed by atoms with E-state index in [2.05, 4.69) is 10.2 Å². The van der Waals surface area contributed by atoms with Crippen molar-refractivity contribution in [2.75, 3.05) is 20.7 Å². The fourth-order valence-electron chi connectivity index (χ4n) is 4.69. The first-order valence-electron chi connectivity index (χ1n) is 11.2. The Hall–Kier alpha value is -3.85. The van der Waals surface area contributed by atoms with Crippen LogP contribution in [0.1, 0.15) is 37.3 Å². The minimum atomic E-state index is -1.46. The number of aliphatic carboxylic acids is 1. The van der Waals surface area contributed by atoms with E-state index in [0.29, 0.717) is 30.8 Å². The lowest BCUT2D eigenvalue weighted by Crippen LogP contribution is -2.52. The number of methoxy groups -OCH3 is 1. The van der Waals surface area contributed by atoms with Crippen LogP contribution in [-0.4, -0.2) is 42.0 Å². The van der Waals surface area contributed by atoms with Crippen LogP contribution in [0, 0.1) is 10.1 Å². The quantitative estimate of drug-likeness (QED) is 0.333. The number of benzene rings is 2. The van der Waals surface area contributed by atoms with Crippen LogP contribution in [0.2, 0.25) is 0 Å². The molecule has 35 heavy (non-hydrogen) atoms. The van der Waals surface area contributed by atoms with Gasteiger partial charge in [-0.1, -0.05) is 42.5 Å². The van der Waals surface area contributed by atoms with Gasteiger partial charge in [0.2, 0.25) is 0 Å². The number of nitrogens with one attached hydrogen (secondary N) is 1. The second kappa shape index (κ2) is 10.6. The number of ether oxygens (including phenoxy) is 1. The molecule has 1 radical (unpaired) electrons. The highest BCUT2D eigenvalue weighted by atomic mass is 16.6. The maximum absolute atomic E-state index is 13.1. The summed E-state index contributed by atoms with van der Waals surface area (Å²) in [7, 11) is 3.19. The molecule has 9 heteroatoms. The van der Waals surface area contributed by atoms with Crippen molar-refractivity contribution in [2.45, 2.75) is 38.3 Å². The lowest BCUT2D eigenvalue weighted by Gasteiger charge is -2.45. The predicted octanol–water partition coefficient (Wildman–Crippen LogP) is 2.87. The van der Waals surface area contributed by atoms with E-state index in [9.17, 15) is 25.1 Å². The maximum atomic E-state index is 13.1. The third kappa shape index (κ3) is 5.63. The topological polar surface area (TPSA) is 128 Å². The van der Waals surface area contributed by atoms with Crippen molar-refractivity contribution in [3.05, 3.63) is 98.6 Å². The zero-order valence-corrected chi connectivity index (χ0v) is 20.2. The number of carbonyl (C=O) groups excluding carboxylic acids is 1. The lowest BCUT2D eigenvalue weighted by molar-refractivity contribution is -0.384. The van der Waals surface area contributed by atoms with Gasteiger partial charge in [-0.3, -0.25) is 10.1 Å². The van der Waals surface area contributed by atoms with Gasteiger partial charge in [0.25, 0.3) is 5.69 Å². The van der Waals surface area contributed by atoms with Crippen LogP contribution < -0.4 is 10.4 Å². The van der Waals surface area contributed by atoms with Gasteiger partial charge in [-0.2, -0.15) is 0 Å². The summed E-state index contributed by atoms with van der Waals surface area (Å²) < 4.78 is 5.08. The Kier molecular flexibility index (Phi) is 7.81. The van der Waals surface area contributed by atoms with Gasteiger partial charge in [0.1, 0.15) is 0 Å². The molecule has 1 heterocycles. The zero-order valence-electron chi connectivity index (χ0n) is 20.2. The Morgan fingerprint density at radius 2 is 1.89 bits per heavy atom. The van der Waals surface area contributed by atoms with Gasteiger partial charge < -0.3 is 24.9 Å². The molecule has 0 aliphatic carbocycles. The zero-order chi connectivity index (χ0) is 25.8. The molecule has 0 fully saturated rings. The van der Waals surface area contributed by atoms with E-state index < -0.39 is 28.3 Å². The number of non-ortho nitro benzene ring substituents is 1. The van der Waals surface area contributed by atoms with Crippen molar-refractivity contribution in [3.63, 3.8) is 0 Å². The molecule has 1 aliphatic rings. The highest BCUT2D eigenvalue weighted by molar-refractivity contribution is 5.89. The van der Waals surface area contributed by atoms with E-state index in [1.54, 1.807) is 13.0 Å². The Bertz CT molecular complexity index is 1160. The van der Waals surface area contributed by atoms with Crippen molar-refractivity contribution >= 4 is 11.7 Å². The van der Waals surface area contributed by atoms with Crippen LogP contribution in [-0.2, 0) is 21.2 Å². The van der Waals surface area contributed by atoms with Crippen molar-refractivity contribution < 1.29 is 24.7 Å². The summed E-state index contributed by atoms with van der Waals surface area (Å²) in [6.45, 7) is 4.69. The SMILES string of the molecule is COC([O])=C1C(c2cccc([N+](=O)[O-])c2)C(C(=O)[O-])=C(C)NC1(C)CCN(C)Cc1ccccc1. The number of nitrogens with zero attached hydrogens (tertiary/aromatic N) is 2. The Morgan fingerprint density at radius 1 is 1.20 bits per heavy atom. The summed E-state index contributed by atoms with van der Waals surface area (Å²) in [4.78, 5) is 25.1. The average molecular weight is 480 g/mol. The minimum absolute atomic E-state index is 0.152. The minimum Gasteiger partial charge on any atom is -0.545 e. The second-order valence-electron chi connectivity index (χ2n) is 8.95. The Morgan fingerprint density at radius 3 is 2.49 bits per heavy atom. The number of nitro benzene ring substituents is 1. The molecule has 1 N–H and O–H groups in total. The van der Waals surface area contributed by atoms with Crippen LogP contribution in [0.25, 0.3) is 0 Å². The molecule has 0 saturated heterocycles. The van der Waals surface area contributed by atoms with Gasteiger partial charge in [0.15, 0.2) is 0 Å². The Balaban J connectivity index is 2.04. The molecule has 2 aromatic rings. The fraction of sp³-hybridized carbons (Fsp3) is 0.346. The van der Waals surface area contributed by atoms with E-state index in [1.165, 1.54) is 25.3 Å². The summed E-state index contributed by atoms with van der Waals surface area (Å²) in [5.41, 5.74) is 0.616. The van der Waals surface area contributed by atoms with Crippen molar-refractivity contribution in [3.8, 4) is 0 Å². The van der Waals surface area contributed by atoms with Crippen LogP contribution in [0.3, 0.4) is 0 Å². The Labute approximate surface area is 204 Å². The molecular weight excluding hydrogens is 450 g/mol. The third-order valence-electron chi connectivity index (χ3n) is 6.37. The van der Waals surface area contributed by atoms with E-state index >= 15 is 0 Å². The molecule has 0 bridgehead atoms. The van der Waals surface area contributed by atoms with Crippen LogP contribution >= 0.6 is 0 Å². The van der Waals surface area contributed by atoms with Gasteiger partial charge in [-0.25, -0.2) is 5.11 Å². The van der Waals surface area contributed by atoms with Gasteiger partial charge in [0.05, 0.1) is 29.1 Å². The molecule has 1 aliphatic heterocycles. The van der Waals surface area contributed by atoms with Gasteiger partial charge >= 0.3 is 5.95 Å². The normalized spacial score (nSPS) is 21.5. The summed E-state index contributed by atoms with van der Waals surface area (Å²) in [6.07, 6.45) is 0.448. The maximum Gasteiger partial charge on any atom is 0.332 e. The van der Waals surface area contributed by atoms with Gasteiger partial charge in [-0.15, -0.1) is 0 Å². The molecule has 185 valence electrons. The van der Waals surface area contributed by atoms with Crippen LogP contribution in [0.4, 0.5) is 5.69 Å². The summed E-state index contributed by atoms with van der Waals surface area (Å²) in [6, 6.07) is 15.6. The summed E-state index contributed by atoms with van der Waals surface area (Å²) >= 11 is 0. The average Bonchev–Trinajstić information content (AvgIpc) is 2.82. The van der Waals surface area contributed by atoms with Gasteiger partial charge in [0, 0.05) is 42.4 Å². The molecule has 0 aromatic heterocycles. The number of carbonyl (C=O) groups is 1. The van der Waals surface area contributed by atoms with Crippen LogP contribution in [0.5, 0.6) is 0 Å². The number of carboxylic acids is 1. The molecule has 3 rings (SSSR count). The molecule has 9 nitrogen and oxygen atoms in total. The fourth-order valence-corrected chi connectivity index (χ4v) is 4.69. The van der Waals surface area contributed by atoms with Crippen molar-refractivity contribution in [1.82, 2.24) is 10.2 Å². The monoisotopic (exact) mass is 479 g/mol. The summed E-state index contributed by atoms with van der Waals surface area (Å²) in [5, 5.41) is 39.9. The van der Waals surface area contributed by atoms with E-state index in [0.717, 1.165) is 5.56 Å². The standard InChI is InChI=1S/C26H30N3O6/c1-17-21(24(30)31)22(19-11-8-12-20(15-19)29(33)34)23(25(32)35-4)26(2,27-17)13-14-28(3)16-18-9-6-5-7-10-18/h5-12,15,22,27H,13-14,16H2,1-4H3,(H,30,31)/p-1. The molecule has 0 saturated carbocycles. The van der Waals surface area contributed by atoms with Crippen molar-refractivity contribution in [1.29, 1.82) is 0 Å². The van der Waals surface area contributed by atoms with E-state index in [4.69, 9.17) is 4.74 Å². The van der Waals surface area contributed by atoms with E-state index in [1.807, 2.05) is 44.3 Å². The number of hydrogen-bond donors (Lipinski definition) is 1. The largest absolute Gasteiger partial charge is 0.545 e. The van der Waals surface area contributed by atoms with Crippen LogP contribution in [0.15, 0.2) is 77.4 Å². The lowest BCUT2D eigenvalue weighted by atomic mass is 9.70. The second-order valence-corrected chi connectivity index (χ2v) is 8.95. The first-order valence-corrected chi connectivity index (χ1v) is 11.2. The number of nitro groups is 1. The number of rotatable bonds is 9. The predicted molar refractivity (Wildman–Crippen MR) is 127 cm³/mol. The number of hydrogen-bond acceptors (Lipinski definition) is 7. The van der Waals surface area contributed by atoms with Crippen molar-refractivity contribution in [2.24, 2.45) is 0 Å². The molecule has 2 unspecified atom stereocenters. The first-order chi connectivity index (χ1) is 16.6. The van der Waals surface area contributed by atoms with E-state index in [-0.39, 0.29) is 16.8 Å². The first kappa shape index (κ1) is 25.8. The number of allylic oxidation sites excluding steroid dienone is 1. The number of carboxylic acid groups (broad SMARTS) is 1. The highest BCUT2D eigenvalue weighted by Gasteiger charge is 2.45. The molecule has 0 amide bonds. The molecule has 2 atom stereocenters. The van der Waals surface area contributed by atoms with Gasteiger partial charge in [-0.05, 0) is 38.4 Å². The summed E-state index contributed by atoms with van der Waals surface area (Å²) in [5.74, 6) is -3.22. The smallest absolute Gasteiger partial charge is 0.332 e. The third-order valence-corrected chi connectivity index (χ3v) is 6.37. The molecule has 0 spiro atoms. The highest BCUT2D eigenvalue weighted by Crippen LogP contribution is 2.46. The molecule has 2 aromatic carbocycles.